The van der Waals surface area contributed by atoms with Crippen molar-refractivity contribution in [1.82, 2.24) is 0 Å². The van der Waals surface area contributed by atoms with Crippen LogP contribution in [0, 0.1) is 27.7 Å². The van der Waals surface area contributed by atoms with Crippen molar-refractivity contribution < 1.29 is 9.53 Å². The minimum Gasteiger partial charge on any atom is -0.441 e. The van der Waals surface area contributed by atoms with Gasteiger partial charge in [0.05, 0.1) is 5.56 Å². The van der Waals surface area contributed by atoms with Crippen molar-refractivity contribution in [3.05, 3.63) is 87.0 Å². The lowest BCUT2D eigenvalue weighted by Crippen LogP contribution is -2.32. The molecule has 5 nitrogen and oxygen atoms in total. The normalized spacial score (nSPS) is 14.3. The van der Waals surface area contributed by atoms with Crippen LogP contribution in [-0.2, 0) is 10.3 Å². The number of fused-ring (bicyclic) bond motifs is 1. The number of rotatable bonds is 3. The molecule has 4 rings (SSSR count). The maximum absolute atomic E-state index is 13.2. The fourth-order valence-electron chi connectivity index (χ4n) is 4.53. The van der Waals surface area contributed by atoms with E-state index in [1.165, 1.54) is 0 Å². The van der Waals surface area contributed by atoms with Crippen molar-refractivity contribution in [2.24, 2.45) is 0 Å². The van der Waals surface area contributed by atoms with Gasteiger partial charge in [-0.2, -0.15) is 0 Å². The minimum atomic E-state index is -1.07. The number of esters is 1. The Morgan fingerprint density at radius 2 is 1.23 bits per heavy atom. The number of benzene rings is 3. The third kappa shape index (κ3) is 2.87. The van der Waals surface area contributed by atoms with Gasteiger partial charge in [-0.1, -0.05) is 18.2 Å². The number of cyclic esters (lactones) is 1. The molecule has 0 spiro atoms. The van der Waals surface area contributed by atoms with Crippen LogP contribution in [0.1, 0.15) is 49.3 Å². The van der Waals surface area contributed by atoms with Gasteiger partial charge in [-0.05, 0) is 74.2 Å². The monoisotopic (exact) mass is 415 g/mol. The van der Waals surface area contributed by atoms with Gasteiger partial charge < -0.3 is 21.1 Å². The van der Waals surface area contributed by atoms with Gasteiger partial charge in [-0.3, -0.25) is 0 Å². The van der Waals surface area contributed by atoms with Crippen molar-refractivity contribution in [3.8, 4) is 0 Å². The lowest BCUT2D eigenvalue weighted by Gasteiger charge is -2.34. The Balaban J connectivity index is 2.13. The molecule has 0 unspecified atom stereocenters. The second kappa shape index (κ2) is 7.05. The highest BCUT2D eigenvalue weighted by Crippen LogP contribution is 2.50. The summed E-state index contributed by atoms with van der Waals surface area (Å²) >= 11 is 0. The van der Waals surface area contributed by atoms with Gasteiger partial charge in [0, 0.05) is 47.8 Å². The molecular weight excluding hydrogens is 386 g/mol. The standard InChI is InChI=1S/C26H29N3O2/c1-14-16(3)23(27)11-9-20(14)26(21-10-12-24(28)17(4)15(21)2)22-8-7-18(29(5)6)13-19(22)25(30)31-26/h7-13H,27-28H2,1-6H3. The lowest BCUT2D eigenvalue weighted by atomic mass is 9.75. The van der Waals surface area contributed by atoms with Crippen LogP contribution in [0.4, 0.5) is 17.1 Å². The molecule has 0 saturated heterocycles. The molecule has 0 saturated carbocycles. The second-order valence-corrected chi connectivity index (χ2v) is 8.60. The molecule has 0 atom stereocenters. The summed E-state index contributed by atoms with van der Waals surface area (Å²) in [5.74, 6) is -0.332. The Kier molecular flexibility index (Phi) is 4.73. The summed E-state index contributed by atoms with van der Waals surface area (Å²) in [5.41, 5.74) is 20.9. The Morgan fingerprint density at radius 1 is 0.742 bits per heavy atom. The topological polar surface area (TPSA) is 81.6 Å². The molecule has 3 aromatic rings. The van der Waals surface area contributed by atoms with E-state index < -0.39 is 5.60 Å². The number of ether oxygens (including phenoxy) is 1. The smallest absolute Gasteiger partial charge is 0.340 e. The molecule has 0 aliphatic carbocycles. The van der Waals surface area contributed by atoms with Crippen LogP contribution in [0.2, 0.25) is 0 Å². The molecule has 0 aromatic heterocycles. The zero-order valence-electron chi connectivity index (χ0n) is 19.0. The molecule has 3 aromatic carbocycles. The van der Waals surface area contributed by atoms with Crippen molar-refractivity contribution >= 4 is 23.0 Å². The van der Waals surface area contributed by atoms with Crippen molar-refractivity contribution in [2.75, 3.05) is 30.5 Å². The summed E-state index contributed by atoms with van der Waals surface area (Å²) in [6, 6.07) is 13.7. The molecule has 1 heterocycles. The van der Waals surface area contributed by atoms with Crippen LogP contribution in [0.3, 0.4) is 0 Å². The van der Waals surface area contributed by atoms with Crippen molar-refractivity contribution in [1.29, 1.82) is 0 Å². The van der Waals surface area contributed by atoms with Crippen molar-refractivity contribution in [2.45, 2.75) is 33.3 Å². The number of nitrogen functional groups attached to an aromatic ring is 2. The summed E-state index contributed by atoms with van der Waals surface area (Å²) < 4.78 is 6.34. The Bertz CT molecular complexity index is 1170. The van der Waals surface area contributed by atoms with Crippen LogP contribution in [0.5, 0.6) is 0 Å². The van der Waals surface area contributed by atoms with E-state index in [1.54, 1.807) is 0 Å². The largest absolute Gasteiger partial charge is 0.441 e. The van der Waals surface area contributed by atoms with Crippen molar-refractivity contribution in [3.63, 3.8) is 0 Å². The minimum absolute atomic E-state index is 0.332. The molecule has 31 heavy (non-hydrogen) atoms. The van der Waals surface area contributed by atoms with E-state index in [0.29, 0.717) is 16.9 Å². The van der Waals surface area contributed by atoms with E-state index >= 15 is 0 Å². The van der Waals surface area contributed by atoms with E-state index in [9.17, 15) is 4.79 Å². The second-order valence-electron chi connectivity index (χ2n) is 8.60. The molecule has 160 valence electrons. The first kappa shape index (κ1) is 20.8. The number of nitrogens with zero attached hydrogens (tertiary/aromatic N) is 1. The van der Waals surface area contributed by atoms with Gasteiger partial charge in [0.1, 0.15) is 0 Å². The molecule has 1 aliphatic rings. The zero-order valence-corrected chi connectivity index (χ0v) is 19.0. The van der Waals surface area contributed by atoms with E-state index in [2.05, 4.69) is 0 Å². The first-order valence-electron chi connectivity index (χ1n) is 10.4. The van der Waals surface area contributed by atoms with Gasteiger partial charge in [0.2, 0.25) is 0 Å². The van der Waals surface area contributed by atoms with E-state index in [0.717, 1.165) is 44.6 Å². The average Bonchev–Trinajstić information content (AvgIpc) is 3.03. The first-order chi connectivity index (χ1) is 14.6. The van der Waals surface area contributed by atoms with Crippen LogP contribution < -0.4 is 16.4 Å². The van der Waals surface area contributed by atoms with Crippen LogP contribution in [0.25, 0.3) is 0 Å². The summed E-state index contributed by atoms with van der Waals surface area (Å²) in [7, 11) is 3.91. The van der Waals surface area contributed by atoms with E-state index in [1.807, 2.05) is 89.2 Å². The van der Waals surface area contributed by atoms with Crippen LogP contribution >= 0.6 is 0 Å². The molecule has 0 bridgehead atoms. The number of hydrogen-bond acceptors (Lipinski definition) is 5. The third-order valence-corrected chi connectivity index (χ3v) is 6.78. The Labute approximate surface area is 183 Å². The predicted octanol–water partition coefficient (Wildman–Crippen LogP) is 4.61. The highest BCUT2D eigenvalue weighted by molar-refractivity contribution is 5.97. The molecule has 4 N–H and O–H groups in total. The SMILES string of the molecule is Cc1c(N)ccc(C2(c3ccc(N)c(C)c3C)OC(=O)c3cc(N(C)C)ccc32)c1C. The summed E-state index contributed by atoms with van der Waals surface area (Å²) in [6.07, 6.45) is 0. The molecule has 0 fully saturated rings. The van der Waals surface area contributed by atoms with E-state index in [-0.39, 0.29) is 5.97 Å². The molecular formula is C26H29N3O2. The molecule has 0 radical (unpaired) electrons. The molecule has 5 heteroatoms. The third-order valence-electron chi connectivity index (χ3n) is 6.78. The number of hydrogen-bond donors (Lipinski definition) is 2. The van der Waals surface area contributed by atoms with E-state index in [4.69, 9.17) is 16.2 Å². The zero-order chi connectivity index (χ0) is 22.7. The summed E-state index contributed by atoms with van der Waals surface area (Å²) in [4.78, 5) is 15.2. The van der Waals surface area contributed by atoms with Crippen LogP contribution in [-0.4, -0.2) is 20.1 Å². The average molecular weight is 416 g/mol. The van der Waals surface area contributed by atoms with Gasteiger partial charge in [-0.25, -0.2) is 4.79 Å². The maximum atomic E-state index is 13.2. The van der Waals surface area contributed by atoms with Gasteiger partial charge in [0.15, 0.2) is 5.60 Å². The highest BCUT2D eigenvalue weighted by Gasteiger charge is 2.50. The predicted molar refractivity (Wildman–Crippen MR) is 127 cm³/mol. The summed E-state index contributed by atoms with van der Waals surface area (Å²) in [5, 5.41) is 0. The molecule has 1 aliphatic heterocycles. The van der Waals surface area contributed by atoms with Crippen LogP contribution in [0.15, 0.2) is 42.5 Å². The maximum Gasteiger partial charge on any atom is 0.340 e. The number of anilines is 3. The molecule has 0 amide bonds. The Hall–Kier alpha value is -3.47. The van der Waals surface area contributed by atoms with Gasteiger partial charge >= 0.3 is 5.97 Å². The number of nitrogens with two attached hydrogens (primary N) is 2. The Morgan fingerprint density at radius 3 is 1.71 bits per heavy atom. The number of carbonyl (C=O) groups excluding carboxylic acids is 1. The fraction of sp³-hybridized carbons (Fsp3) is 0.269. The fourth-order valence-corrected chi connectivity index (χ4v) is 4.53. The lowest BCUT2D eigenvalue weighted by molar-refractivity contribution is 0.0248. The summed E-state index contributed by atoms with van der Waals surface area (Å²) in [6.45, 7) is 8.05. The first-order valence-corrected chi connectivity index (χ1v) is 10.4. The van der Waals surface area contributed by atoms with Gasteiger partial charge in [-0.15, -0.1) is 0 Å². The quantitative estimate of drug-likeness (QED) is 0.482. The highest BCUT2D eigenvalue weighted by atomic mass is 16.6. The number of carbonyl (C=O) groups is 1. The van der Waals surface area contributed by atoms with Gasteiger partial charge in [0.25, 0.3) is 0 Å².